The Kier molecular flexibility index (Phi) is 6.22. The molecule has 1 N–H and O–H groups in total. The number of hydrogen-bond acceptors (Lipinski definition) is 3. The first kappa shape index (κ1) is 9.84. The Balaban J connectivity index is 0.000000218. The van der Waals surface area contributed by atoms with Crippen LogP contribution < -0.4 is 0 Å². The molecule has 1 heterocycles. The molecule has 0 saturated heterocycles. The van der Waals surface area contributed by atoms with Crippen LogP contribution in [0.2, 0.25) is 0 Å². The Morgan fingerprint density at radius 3 is 2.64 bits per heavy atom. The Morgan fingerprint density at radius 2 is 2.45 bits per heavy atom. The molecule has 11 heavy (non-hydrogen) atoms. The molecule has 0 spiro atoms. The molecule has 0 radical (unpaired) electrons. The molecule has 1 aromatic rings. The second-order valence-electron chi connectivity index (χ2n) is 1.73. The molecule has 0 saturated carbocycles. The zero-order chi connectivity index (χ0) is 8.53. The van der Waals surface area contributed by atoms with Gasteiger partial charge in [0.1, 0.15) is 0 Å². The minimum absolute atomic E-state index is 0.583. The van der Waals surface area contributed by atoms with Gasteiger partial charge in [0.15, 0.2) is 6.29 Å². The van der Waals surface area contributed by atoms with Crippen molar-refractivity contribution in [2.45, 2.75) is 6.92 Å². The molecule has 1 rings (SSSR count). The van der Waals surface area contributed by atoms with Crippen LogP contribution in [-0.2, 0) is 4.74 Å². The number of rotatable bonds is 2. The van der Waals surface area contributed by atoms with E-state index in [-0.39, 0.29) is 0 Å². The van der Waals surface area contributed by atoms with E-state index >= 15 is 0 Å². The Labute approximate surface area is 65.6 Å². The summed E-state index contributed by atoms with van der Waals surface area (Å²) in [4.78, 5) is 9.81. The smallest absolute Gasteiger partial charge is 0.153 e. The van der Waals surface area contributed by atoms with Gasteiger partial charge in [-0.3, -0.25) is 9.89 Å². The van der Waals surface area contributed by atoms with E-state index in [0.717, 1.165) is 12.9 Å². The first-order valence-corrected chi connectivity index (χ1v) is 3.28. The zero-order valence-corrected chi connectivity index (χ0v) is 6.70. The summed E-state index contributed by atoms with van der Waals surface area (Å²) in [6.07, 6.45) is 3.74. The average molecular weight is 156 g/mol. The van der Waals surface area contributed by atoms with E-state index in [0.29, 0.717) is 5.56 Å². The summed E-state index contributed by atoms with van der Waals surface area (Å²) in [5.74, 6) is 0. The molecule has 0 unspecified atom stereocenters. The summed E-state index contributed by atoms with van der Waals surface area (Å²) in [7, 11) is 1.68. The predicted octanol–water partition coefficient (Wildman–Crippen LogP) is 0.875. The molecule has 0 aliphatic heterocycles. The van der Waals surface area contributed by atoms with Crippen LogP contribution in [-0.4, -0.2) is 30.2 Å². The van der Waals surface area contributed by atoms with Crippen LogP contribution in [0.5, 0.6) is 0 Å². The molecule has 0 amide bonds. The standard InChI is InChI=1S/C4H4N2O.C3H8O/c7-3-4-1-5-6-2-4;1-3-4-2/h1-3H,(H,5,6);3H2,1-2H3. The van der Waals surface area contributed by atoms with E-state index in [1.165, 1.54) is 12.4 Å². The highest BCUT2D eigenvalue weighted by Crippen LogP contribution is 1.83. The van der Waals surface area contributed by atoms with Crippen molar-refractivity contribution in [2.24, 2.45) is 0 Å². The second-order valence-corrected chi connectivity index (χ2v) is 1.73. The van der Waals surface area contributed by atoms with E-state index < -0.39 is 0 Å². The lowest BCUT2D eigenvalue weighted by Gasteiger charge is -1.76. The maximum absolute atomic E-state index is 9.81. The molecule has 4 nitrogen and oxygen atoms in total. The van der Waals surface area contributed by atoms with Gasteiger partial charge >= 0.3 is 0 Å². The van der Waals surface area contributed by atoms with Gasteiger partial charge in [-0.25, -0.2) is 0 Å². The largest absolute Gasteiger partial charge is 0.385 e. The lowest BCUT2D eigenvalue weighted by atomic mass is 10.4. The number of H-pyrrole nitrogens is 1. The first-order chi connectivity index (χ1) is 5.35. The molecule has 62 valence electrons. The quantitative estimate of drug-likeness (QED) is 0.646. The average Bonchev–Trinajstić information content (AvgIpc) is 2.56. The van der Waals surface area contributed by atoms with Crippen LogP contribution in [0.4, 0.5) is 0 Å². The van der Waals surface area contributed by atoms with Crippen molar-refractivity contribution in [3.63, 3.8) is 0 Å². The molecule has 1 aromatic heterocycles. The minimum Gasteiger partial charge on any atom is -0.385 e. The molecule has 0 aliphatic rings. The number of nitrogens with one attached hydrogen (secondary N) is 1. The Bertz CT molecular complexity index is 171. The number of aldehydes is 1. The maximum Gasteiger partial charge on any atom is 0.153 e. The summed E-state index contributed by atoms with van der Waals surface area (Å²) in [5.41, 5.74) is 0.583. The van der Waals surface area contributed by atoms with Crippen LogP contribution in [0.15, 0.2) is 12.4 Å². The summed E-state index contributed by atoms with van der Waals surface area (Å²) >= 11 is 0. The SMILES string of the molecule is CCOC.O=Cc1cn[nH]c1. The number of hydrogen-bond donors (Lipinski definition) is 1. The highest BCUT2D eigenvalue weighted by atomic mass is 16.5. The van der Waals surface area contributed by atoms with Crippen molar-refractivity contribution in [3.05, 3.63) is 18.0 Å². The van der Waals surface area contributed by atoms with E-state index in [1.807, 2.05) is 6.92 Å². The monoisotopic (exact) mass is 156 g/mol. The van der Waals surface area contributed by atoms with E-state index in [2.05, 4.69) is 14.9 Å². The number of nitrogens with zero attached hydrogens (tertiary/aromatic N) is 1. The molecule has 0 bridgehead atoms. The summed E-state index contributed by atoms with van der Waals surface area (Å²) in [5, 5.41) is 6.04. The van der Waals surface area contributed by atoms with E-state index in [1.54, 1.807) is 7.11 Å². The third-order valence-corrected chi connectivity index (χ3v) is 0.944. The van der Waals surface area contributed by atoms with Gasteiger partial charge in [-0.1, -0.05) is 0 Å². The van der Waals surface area contributed by atoms with Gasteiger partial charge in [0, 0.05) is 19.9 Å². The van der Waals surface area contributed by atoms with Crippen LogP contribution in [0.1, 0.15) is 17.3 Å². The Morgan fingerprint density at radius 1 is 1.82 bits per heavy atom. The number of methoxy groups -OCH3 is 1. The normalized spacial score (nSPS) is 8.18. The minimum atomic E-state index is 0.583. The highest BCUT2D eigenvalue weighted by Gasteiger charge is 1.83. The van der Waals surface area contributed by atoms with Crippen LogP contribution >= 0.6 is 0 Å². The second kappa shape index (κ2) is 6.95. The maximum atomic E-state index is 9.81. The number of ether oxygens (including phenoxy) is 1. The number of carbonyl (C=O) groups excluding carboxylic acids is 1. The first-order valence-electron chi connectivity index (χ1n) is 3.28. The lowest BCUT2D eigenvalue weighted by molar-refractivity contribution is 0.112. The molecule has 0 atom stereocenters. The van der Waals surface area contributed by atoms with Crippen molar-refractivity contribution in [2.75, 3.05) is 13.7 Å². The fraction of sp³-hybridized carbons (Fsp3) is 0.429. The summed E-state index contributed by atoms with van der Waals surface area (Å²) in [6, 6.07) is 0. The van der Waals surface area contributed by atoms with Crippen molar-refractivity contribution in [1.29, 1.82) is 0 Å². The van der Waals surface area contributed by atoms with Crippen molar-refractivity contribution < 1.29 is 9.53 Å². The third-order valence-electron chi connectivity index (χ3n) is 0.944. The van der Waals surface area contributed by atoms with Crippen LogP contribution in [0.25, 0.3) is 0 Å². The molecule has 4 heteroatoms. The van der Waals surface area contributed by atoms with Gasteiger partial charge in [0.25, 0.3) is 0 Å². The topological polar surface area (TPSA) is 55.0 Å². The highest BCUT2D eigenvalue weighted by molar-refractivity contribution is 5.73. The van der Waals surface area contributed by atoms with Gasteiger partial charge < -0.3 is 4.74 Å². The Hall–Kier alpha value is -1.16. The molecular weight excluding hydrogens is 144 g/mol. The van der Waals surface area contributed by atoms with Gasteiger partial charge in [0.05, 0.1) is 11.8 Å². The molecule has 0 aromatic carbocycles. The zero-order valence-electron chi connectivity index (χ0n) is 6.70. The summed E-state index contributed by atoms with van der Waals surface area (Å²) in [6.45, 7) is 2.78. The van der Waals surface area contributed by atoms with Gasteiger partial charge in [0.2, 0.25) is 0 Å². The van der Waals surface area contributed by atoms with Gasteiger partial charge in [-0.2, -0.15) is 5.10 Å². The van der Waals surface area contributed by atoms with E-state index in [9.17, 15) is 4.79 Å². The van der Waals surface area contributed by atoms with Crippen molar-refractivity contribution >= 4 is 6.29 Å². The van der Waals surface area contributed by atoms with Crippen molar-refractivity contribution in [3.8, 4) is 0 Å². The van der Waals surface area contributed by atoms with Crippen LogP contribution in [0, 0.1) is 0 Å². The van der Waals surface area contributed by atoms with Crippen LogP contribution in [0.3, 0.4) is 0 Å². The van der Waals surface area contributed by atoms with Crippen molar-refractivity contribution in [1.82, 2.24) is 10.2 Å². The third kappa shape index (κ3) is 5.29. The number of carbonyl (C=O) groups is 1. The lowest BCUT2D eigenvalue weighted by Crippen LogP contribution is -1.73. The fourth-order valence-electron chi connectivity index (χ4n) is 0.325. The number of aromatic amines is 1. The van der Waals surface area contributed by atoms with E-state index in [4.69, 9.17) is 0 Å². The molecule has 0 aliphatic carbocycles. The van der Waals surface area contributed by atoms with Gasteiger partial charge in [-0.15, -0.1) is 0 Å². The predicted molar refractivity (Wildman–Crippen MR) is 41.5 cm³/mol. The fourth-order valence-corrected chi connectivity index (χ4v) is 0.325. The number of aromatic nitrogens is 2. The molecule has 0 fully saturated rings. The molecular formula is C7H12N2O2. The summed E-state index contributed by atoms with van der Waals surface area (Å²) < 4.78 is 4.54. The van der Waals surface area contributed by atoms with Gasteiger partial charge in [-0.05, 0) is 6.92 Å².